The van der Waals surface area contributed by atoms with Crippen molar-refractivity contribution in [1.29, 1.82) is 0 Å². The third-order valence-electron chi connectivity index (χ3n) is 4.87. The summed E-state index contributed by atoms with van der Waals surface area (Å²) in [5.41, 5.74) is 5.83. The minimum absolute atomic E-state index is 0.101. The van der Waals surface area contributed by atoms with Gasteiger partial charge in [0.15, 0.2) is 0 Å². The molecule has 0 aliphatic heterocycles. The van der Waals surface area contributed by atoms with Gasteiger partial charge in [-0.15, -0.1) is 0 Å². The van der Waals surface area contributed by atoms with E-state index < -0.39 is 0 Å². The van der Waals surface area contributed by atoms with Crippen LogP contribution < -0.4 is 10.9 Å². The fraction of sp³-hybridized carbons (Fsp3) is 0.292. The van der Waals surface area contributed by atoms with Crippen LogP contribution >= 0.6 is 11.8 Å². The first kappa shape index (κ1) is 21.8. The zero-order valence-electron chi connectivity index (χ0n) is 18.0. The highest BCUT2D eigenvalue weighted by Crippen LogP contribution is 2.23. The number of hydrogen-bond acceptors (Lipinski definition) is 4. The maximum atomic E-state index is 12.5. The van der Waals surface area contributed by atoms with Gasteiger partial charge in [0.25, 0.3) is 5.56 Å². The summed E-state index contributed by atoms with van der Waals surface area (Å²) < 4.78 is 1.37. The van der Waals surface area contributed by atoms with E-state index in [0.29, 0.717) is 16.6 Å². The number of nitrogens with zero attached hydrogens (tertiary/aromatic N) is 2. The molecule has 0 radical (unpaired) electrons. The largest absolute Gasteiger partial charge is 0.325 e. The number of aromatic nitrogens is 2. The van der Waals surface area contributed by atoms with Gasteiger partial charge in [-0.2, -0.15) is 9.78 Å². The summed E-state index contributed by atoms with van der Waals surface area (Å²) in [6, 6.07) is 15.1. The number of carbonyl (C=O) groups is 1. The Balaban J connectivity index is 1.71. The molecule has 0 spiro atoms. The Morgan fingerprint density at radius 3 is 2.27 bits per heavy atom. The monoisotopic (exact) mass is 421 g/mol. The molecule has 0 fully saturated rings. The lowest BCUT2D eigenvalue weighted by molar-refractivity contribution is -0.113. The fourth-order valence-electron chi connectivity index (χ4n) is 3.35. The molecule has 1 aromatic heterocycles. The summed E-state index contributed by atoms with van der Waals surface area (Å²) in [6.45, 7) is 10.3. The summed E-state index contributed by atoms with van der Waals surface area (Å²) in [4.78, 5) is 24.8. The molecule has 0 aliphatic carbocycles. The molecule has 3 rings (SSSR count). The van der Waals surface area contributed by atoms with E-state index in [1.165, 1.54) is 33.6 Å². The van der Waals surface area contributed by atoms with E-state index in [4.69, 9.17) is 0 Å². The summed E-state index contributed by atoms with van der Waals surface area (Å²) in [5, 5.41) is 8.04. The van der Waals surface area contributed by atoms with E-state index >= 15 is 0 Å². The second-order valence-electron chi connectivity index (χ2n) is 7.78. The fourth-order valence-corrected chi connectivity index (χ4v) is 4.00. The Labute approximate surface area is 181 Å². The predicted molar refractivity (Wildman–Crippen MR) is 124 cm³/mol. The first-order valence-corrected chi connectivity index (χ1v) is 10.9. The van der Waals surface area contributed by atoms with E-state index in [-0.39, 0.29) is 17.2 Å². The van der Waals surface area contributed by atoms with Crippen LogP contribution in [0.25, 0.3) is 5.69 Å². The van der Waals surface area contributed by atoms with Crippen LogP contribution in [0.15, 0.2) is 58.4 Å². The zero-order valence-corrected chi connectivity index (χ0v) is 18.8. The smallest absolute Gasteiger partial charge is 0.271 e. The first-order valence-electron chi connectivity index (χ1n) is 9.96. The van der Waals surface area contributed by atoms with Crippen molar-refractivity contribution in [2.75, 3.05) is 11.1 Å². The topological polar surface area (TPSA) is 64.0 Å². The Hall–Kier alpha value is -2.86. The second-order valence-corrected chi connectivity index (χ2v) is 8.77. The third kappa shape index (κ3) is 5.19. The number of carbonyl (C=O) groups excluding carboxylic acids is 1. The van der Waals surface area contributed by atoms with Gasteiger partial charge in [0, 0.05) is 11.8 Å². The lowest BCUT2D eigenvalue weighted by Gasteiger charge is -2.13. The van der Waals surface area contributed by atoms with Crippen molar-refractivity contribution in [1.82, 2.24) is 9.78 Å². The summed E-state index contributed by atoms with van der Waals surface area (Å²) >= 11 is 1.31. The van der Waals surface area contributed by atoms with Crippen molar-refractivity contribution < 1.29 is 4.79 Å². The highest BCUT2D eigenvalue weighted by Gasteiger charge is 2.11. The van der Waals surface area contributed by atoms with E-state index in [1.54, 1.807) is 6.07 Å². The molecule has 1 amide bonds. The van der Waals surface area contributed by atoms with Gasteiger partial charge in [0.1, 0.15) is 5.03 Å². The number of nitrogens with one attached hydrogen (secondary N) is 1. The molecular weight excluding hydrogens is 394 g/mol. The van der Waals surface area contributed by atoms with Crippen molar-refractivity contribution in [2.24, 2.45) is 0 Å². The molecule has 0 atom stereocenters. The molecule has 3 aromatic rings. The van der Waals surface area contributed by atoms with Crippen LogP contribution in [0.3, 0.4) is 0 Å². The van der Waals surface area contributed by atoms with Gasteiger partial charge in [-0.3, -0.25) is 9.59 Å². The Kier molecular flexibility index (Phi) is 6.77. The summed E-state index contributed by atoms with van der Waals surface area (Å²) in [6.07, 6.45) is 0. The number of amides is 1. The number of aryl methyl sites for hydroxylation is 3. The number of rotatable bonds is 6. The molecule has 1 heterocycles. The molecular formula is C24H27N3O2S. The molecule has 0 bridgehead atoms. The lowest BCUT2D eigenvalue weighted by atomic mass is 10.0. The van der Waals surface area contributed by atoms with Crippen LogP contribution in [0.5, 0.6) is 0 Å². The summed E-state index contributed by atoms with van der Waals surface area (Å²) in [5.74, 6) is 0.533. The molecule has 0 aliphatic rings. The molecule has 0 saturated carbocycles. The van der Waals surface area contributed by atoms with Crippen molar-refractivity contribution in [3.8, 4) is 5.69 Å². The van der Waals surface area contributed by atoms with Crippen LogP contribution in [0.4, 0.5) is 5.69 Å². The van der Waals surface area contributed by atoms with E-state index in [0.717, 1.165) is 16.8 Å². The molecule has 1 N–H and O–H groups in total. The molecule has 0 unspecified atom stereocenters. The lowest BCUT2D eigenvalue weighted by Crippen LogP contribution is -2.21. The van der Waals surface area contributed by atoms with Gasteiger partial charge in [-0.1, -0.05) is 55.4 Å². The summed E-state index contributed by atoms with van der Waals surface area (Å²) in [7, 11) is 0. The average Bonchev–Trinajstić information content (AvgIpc) is 2.70. The van der Waals surface area contributed by atoms with Crippen molar-refractivity contribution >= 4 is 23.4 Å². The van der Waals surface area contributed by atoms with Gasteiger partial charge in [-0.25, -0.2) is 0 Å². The van der Waals surface area contributed by atoms with Crippen LogP contribution in [0, 0.1) is 20.8 Å². The van der Waals surface area contributed by atoms with Crippen molar-refractivity contribution in [2.45, 2.75) is 45.6 Å². The zero-order chi connectivity index (χ0) is 21.8. The second kappa shape index (κ2) is 9.30. The van der Waals surface area contributed by atoms with Crippen molar-refractivity contribution in [3.05, 3.63) is 81.1 Å². The maximum Gasteiger partial charge on any atom is 0.271 e. The van der Waals surface area contributed by atoms with Gasteiger partial charge in [0.2, 0.25) is 5.91 Å². The van der Waals surface area contributed by atoms with Gasteiger partial charge in [0.05, 0.1) is 11.4 Å². The van der Waals surface area contributed by atoms with Gasteiger partial charge >= 0.3 is 0 Å². The Bertz CT molecular complexity index is 1100. The Morgan fingerprint density at radius 1 is 1.03 bits per heavy atom. The van der Waals surface area contributed by atoms with Crippen LogP contribution in [-0.2, 0) is 4.79 Å². The first-order chi connectivity index (χ1) is 14.2. The molecule has 2 aromatic carbocycles. The standard InChI is InChI=1S/C24H27N3O2S/c1-15(2)19-6-8-20(9-7-19)27-23(29)11-10-22(26-27)30-14-21(28)25-24-17(4)12-16(3)13-18(24)5/h6-13,15H,14H2,1-5H3,(H,25,28). The molecule has 5 nitrogen and oxygen atoms in total. The number of hydrogen-bond donors (Lipinski definition) is 1. The normalized spacial score (nSPS) is 11.0. The molecule has 30 heavy (non-hydrogen) atoms. The minimum atomic E-state index is -0.202. The van der Waals surface area contributed by atoms with Crippen LogP contribution in [0.2, 0.25) is 0 Å². The maximum absolute atomic E-state index is 12.5. The van der Waals surface area contributed by atoms with E-state index in [9.17, 15) is 9.59 Å². The highest BCUT2D eigenvalue weighted by molar-refractivity contribution is 7.99. The highest BCUT2D eigenvalue weighted by atomic mass is 32.2. The number of thioether (sulfide) groups is 1. The van der Waals surface area contributed by atoms with Crippen LogP contribution in [-0.4, -0.2) is 21.4 Å². The quantitative estimate of drug-likeness (QED) is 0.568. The van der Waals surface area contributed by atoms with E-state index in [2.05, 4.69) is 36.4 Å². The number of anilines is 1. The predicted octanol–water partition coefficient (Wildman–Crippen LogP) is 5.01. The SMILES string of the molecule is Cc1cc(C)c(NC(=O)CSc2ccc(=O)n(-c3ccc(C(C)C)cc3)n2)c(C)c1. The molecule has 156 valence electrons. The van der Waals surface area contributed by atoms with Gasteiger partial charge < -0.3 is 5.32 Å². The average molecular weight is 422 g/mol. The third-order valence-corrected chi connectivity index (χ3v) is 5.79. The van der Waals surface area contributed by atoms with Crippen molar-refractivity contribution in [3.63, 3.8) is 0 Å². The van der Waals surface area contributed by atoms with E-state index in [1.807, 2.05) is 45.0 Å². The molecule has 0 saturated heterocycles. The van der Waals surface area contributed by atoms with Crippen LogP contribution in [0.1, 0.15) is 42.0 Å². The molecule has 6 heteroatoms. The number of benzene rings is 2. The van der Waals surface area contributed by atoms with Gasteiger partial charge in [-0.05, 0) is 61.6 Å². The Morgan fingerprint density at radius 2 is 1.67 bits per heavy atom. The minimum Gasteiger partial charge on any atom is -0.325 e.